The normalized spacial score (nSPS) is 10.5. The van der Waals surface area contributed by atoms with Gasteiger partial charge in [0.05, 0.1) is 12.8 Å². The fraction of sp³-hybridized carbons (Fsp3) is 0.353. The van der Waals surface area contributed by atoms with Crippen LogP contribution >= 0.6 is 0 Å². The molecule has 0 aliphatic carbocycles. The number of methoxy groups -OCH3 is 1. The Balaban J connectivity index is 2.28. The summed E-state index contributed by atoms with van der Waals surface area (Å²) in [4.78, 5) is 24.8. The van der Waals surface area contributed by atoms with Crippen LogP contribution < -0.4 is 4.74 Å². The molecule has 0 spiro atoms. The number of carboxylic acid groups (broad SMARTS) is 1. The van der Waals surface area contributed by atoms with Gasteiger partial charge in [-0.1, -0.05) is 6.92 Å². The number of carbonyl (C=O) groups excluding carboxylic acids is 1. The van der Waals surface area contributed by atoms with Crippen molar-refractivity contribution in [3.63, 3.8) is 0 Å². The van der Waals surface area contributed by atoms with Crippen molar-refractivity contribution in [2.24, 2.45) is 0 Å². The zero-order chi connectivity index (χ0) is 17.7. The van der Waals surface area contributed by atoms with Crippen LogP contribution in [0.1, 0.15) is 29.5 Å². The summed E-state index contributed by atoms with van der Waals surface area (Å²) >= 11 is 0. The molecule has 1 aromatic heterocycles. The number of hydrogen-bond acceptors (Lipinski definition) is 4. The summed E-state index contributed by atoms with van der Waals surface area (Å²) in [5, 5.41) is 13.3. The minimum atomic E-state index is -1.04. The molecule has 0 saturated carbocycles. The van der Waals surface area contributed by atoms with Crippen LogP contribution in [0.4, 0.5) is 0 Å². The van der Waals surface area contributed by atoms with Gasteiger partial charge in [-0.25, -0.2) is 4.68 Å². The molecule has 0 saturated heterocycles. The molecule has 1 amide bonds. The quantitative estimate of drug-likeness (QED) is 0.840. The Labute approximate surface area is 140 Å². The molecule has 0 unspecified atom stereocenters. The number of aryl methyl sites for hydroxylation is 1. The highest BCUT2D eigenvalue weighted by atomic mass is 16.5. The van der Waals surface area contributed by atoms with Gasteiger partial charge in [0.15, 0.2) is 5.69 Å². The van der Waals surface area contributed by atoms with E-state index in [1.54, 1.807) is 17.9 Å². The summed E-state index contributed by atoms with van der Waals surface area (Å²) in [6, 6.07) is 8.97. The highest BCUT2D eigenvalue weighted by Gasteiger charge is 2.21. The number of amides is 1. The number of nitrogens with zero attached hydrogens (tertiary/aromatic N) is 3. The Hall–Kier alpha value is -2.83. The number of benzene rings is 1. The molecule has 24 heavy (non-hydrogen) atoms. The standard InChI is InChI=1S/C17H21N3O4/c1-4-9-19(11-16(21)22)17(23)15-10-12(2)20(18-15)13-5-7-14(24-3)8-6-13/h5-8,10H,4,9,11H2,1-3H3,(H,21,22). The molecule has 2 aromatic rings. The third-order valence-corrected chi connectivity index (χ3v) is 3.53. The molecular weight excluding hydrogens is 310 g/mol. The number of carbonyl (C=O) groups is 2. The van der Waals surface area contributed by atoms with Crippen molar-refractivity contribution in [3.05, 3.63) is 41.7 Å². The van der Waals surface area contributed by atoms with Gasteiger partial charge in [-0.3, -0.25) is 9.59 Å². The number of ether oxygens (including phenoxy) is 1. The first-order valence-corrected chi connectivity index (χ1v) is 7.68. The topological polar surface area (TPSA) is 84.7 Å². The summed E-state index contributed by atoms with van der Waals surface area (Å²) in [7, 11) is 1.59. The molecule has 7 heteroatoms. The van der Waals surface area contributed by atoms with E-state index >= 15 is 0 Å². The van der Waals surface area contributed by atoms with Gasteiger partial charge in [-0.05, 0) is 43.7 Å². The average molecular weight is 331 g/mol. The molecule has 1 N–H and O–H groups in total. The number of hydrogen-bond donors (Lipinski definition) is 1. The van der Waals surface area contributed by atoms with Crippen molar-refractivity contribution >= 4 is 11.9 Å². The summed E-state index contributed by atoms with van der Waals surface area (Å²) in [6.45, 7) is 3.78. The maximum Gasteiger partial charge on any atom is 0.323 e. The molecule has 0 radical (unpaired) electrons. The Morgan fingerprint density at radius 2 is 1.96 bits per heavy atom. The first-order valence-electron chi connectivity index (χ1n) is 7.68. The summed E-state index contributed by atoms with van der Waals surface area (Å²) in [5.74, 6) is -0.687. The Kier molecular flexibility index (Phi) is 5.57. The summed E-state index contributed by atoms with van der Waals surface area (Å²) in [5.41, 5.74) is 1.82. The van der Waals surface area contributed by atoms with Gasteiger partial charge in [-0.2, -0.15) is 5.10 Å². The van der Waals surface area contributed by atoms with Crippen LogP contribution in [0.5, 0.6) is 5.75 Å². The lowest BCUT2D eigenvalue weighted by Crippen LogP contribution is -2.36. The maximum atomic E-state index is 12.5. The lowest BCUT2D eigenvalue weighted by molar-refractivity contribution is -0.137. The molecule has 0 aliphatic heterocycles. The monoisotopic (exact) mass is 331 g/mol. The highest BCUT2D eigenvalue weighted by Crippen LogP contribution is 2.17. The van der Waals surface area contributed by atoms with Crippen LogP contribution in [0.2, 0.25) is 0 Å². The van der Waals surface area contributed by atoms with E-state index in [1.807, 2.05) is 38.1 Å². The largest absolute Gasteiger partial charge is 0.497 e. The van der Waals surface area contributed by atoms with Gasteiger partial charge in [0, 0.05) is 12.2 Å². The molecule has 0 atom stereocenters. The van der Waals surface area contributed by atoms with Crippen LogP contribution in [0.3, 0.4) is 0 Å². The Morgan fingerprint density at radius 3 is 2.50 bits per heavy atom. The highest BCUT2D eigenvalue weighted by molar-refractivity contribution is 5.94. The van der Waals surface area contributed by atoms with E-state index in [0.29, 0.717) is 13.0 Å². The summed E-state index contributed by atoms with van der Waals surface area (Å²) in [6.07, 6.45) is 0.678. The van der Waals surface area contributed by atoms with Crippen LogP contribution in [0.25, 0.3) is 5.69 Å². The van der Waals surface area contributed by atoms with Gasteiger partial charge in [0.1, 0.15) is 12.3 Å². The average Bonchev–Trinajstić information content (AvgIpc) is 2.95. The van der Waals surface area contributed by atoms with Gasteiger partial charge in [0.2, 0.25) is 0 Å². The molecule has 7 nitrogen and oxygen atoms in total. The molecule has 1 aromatic carbocycles. The number of aliphatic carboxylic acids is 1. The maximum absolute atomic E-state index is 12.5. The molecule has 0 fully saturated rings. The lowest BCUT2D eigenvalue weighted by atomic mass is 10.3. The fourth-order valence-electron chi connectivity index (χ4n) is 2.41. The predicted octanol–water partition coefficient (Wildman–Crippen LogP) is 2.13. The van der Waals surface area contributed by atoms with E-state index in [2.05, 4.69) is 5.10 Å². The van der Waals surface area contributed by atoms with Crippen molar-refractivity contribution in [3.8, 4) is 11.4 Å². The molecule has 1 heterocycles. The number of rotatable bonds is 7. The van der Waals surface area contributed by atoms with Crippen molar-refractivity contribution in [1.82, 2.24) is 14.7 Å². The molecule has 2 rings (SSSR count). The Morgan fingerprint density at radius 1 is 1.29 bits per heavy atom. The number of carboxylic acids is 1. The van der Waals surface area contributed by atoms with Crippen molar-refractivity contribution in [2.45, 2.75) is 20.3 Å². The third kappa shape index (κ3) is 3.92. The first kappa shape index (κ1) is 17.5. The van der Waals surface area contributed by atoms with Gasteiger partial charge < -0.3 is 14.7 Å². The van der Waals surface area contributed by atoms with E-state index in [0.717, 1.165) is 17.1 Å². The van der Waals surface area contributed by atoms with E-state index in [-0.39, 0.29) is 18.1 Å². The zero-order valence-electron chi connectivity index (χ0n) is 14.0. The predicted molar refractivity (Wildman–Crippen MR) is 88.7 cm³/mol. The second-order valence-electron chi connectivity index (χ2n) is 5.40. The second-order valence-corrected chi connectivity index (χ2v) is 5.40. The molecular formula is C17H21N3O4. The number of aromatic nitrogens is 2. The SMILES string of the molecule is CCCN(CC(=O)O)C(=O)c1cc(C)n(-c2ccc(OC)cc2)n1. The summed E-state index contributed by atoms with van der Waals surface area (Å²) < 4.78 is 6.78. The van der Waals surface area contributed by atoms with Crippen molar-refractivity contribution in [2.75, 3.05) is 20.2 Å². The van der Waals surface area contributed by atoms with Gasteiger partial charge in [0.25, 0.3) is 5.91 Å². The smallest absolute Gasteiger partial charge is 0.323 e. The first-order chi connectivity index (χ1) is 11.5. The minimum Gasteiger partial charge on any atom is -0.497 e. The molecule has 0 bridgehead atoms. The van der Waals surface area contributed by atoms with Gasteiger partial charge >= 0.3 is 5.97 Å². The third-order valence-electron chi connectivity index (χ3n) is 3.53. The fourth-order valence-corrected chi connectivity index (χ4v) is 2.41. The van der Waals surface area contributed by atoms with Crippen LogP contribution in [0.15, 0.2) is 30.3 Å². The lowest BCUT2D eigenvalue weighted by Gasteiger charge is -2.18. The minimum absolute atomic E-state index is 0.234. The Bertz CT molecular complexity index is 722. The van der Waals surface area contributed by atoms with E-state index < -0.39 is 5.97 Å². The zero-order valence-corrected chi connectivity index (χ0v) is 14.0. The van der Waals surface area contributed by atoms with E-state index in [9.17, 15) is 9.59 Å². The molecule has 128 valence electrons. The van der Waals surface area contributed by atoms with Crippen LogP contribution in [-0.4, -0.2) is 51.9 Å². The van der Waals surface area contributed by atoms with Crippen LogP contribution in [-0.2, 0) is 4.79 Å². The van der Waals surface area contributed by atoms with Crippen molar-refractivity contribution < 1.29 is 19.4 Å². The van der Waals surface area contributed by atoms with E-state index in [1.165, 1.54) is 4.90 Å². The second kappa shape index (κ2) is 7.63. The van der Waals surface area contributed by atoms with E-state index in [4.69, 9.17) is 9.84 Å². The van der Waals surface area contributed by atoms with Gasteiger partial charge in [-0.15, -0.1) is 0 Å². The molecule has 0 aliphatic rings. The van der Waals surface area contributed by atoms with Crippen molar-refractivity contribution in [1.29, 1.82) is 0 Å². The van der Waals surface area contributed by atoms with Crippen LogP contribution in [0, 0.1) is 6.92 Å².